The first-order chi connectivity index (χ1) is 12.5. The summed E-state index contributed by atoms with van der Waals surface area (Å²) in [6, 6.07) is 12.4. The highest BCUT2D eigenvalue weighted by atomic mass is 32.1. The molecule has 0 radical (unpaired) electrons. The molecular formula is C20H17FN2O2S. The van der Waals surface area contributed by atoms with E-state index >= 15 is 0 Å². The molecule has 2 heterocycles. The smallest absolute Gasteiger partial charge is 0.323 e. The second-order valence-corrected chi connectivity index (χ2v) is 7.44. The summed E-state index contributed by atoms with van der Waals surface area (Å²) in [5, 5.41) is 10.9. The summed E-state index contributed by atoms with van der Waals surface area (Å²) in [5.74, 6) is -1.32. The topological polar surface area (TPSA) is 55.1 Å². The molecule has 132 valence electrons. The molecular weight excluding hydrogens is 351 g/mol. The van der Waals surface area contributed by atoms with Crippen molar-refractivity contribution in [1.29, 1.82) is 0 Å². The fourth-order valence-corrected chi connectivity index (χ4v) is 4.59. The number of aromatic nitrogens is 2. The van der Waals surface area contributed by atoms with Crippen LogP contribution in [0.5, 0.6) is 0 Å². The standard InChI is InChI=1S/C20H17FN2O2S/c1-11(20-22-15-5-3-4-6-17(15)26-20)19-12(2)23(10-18(24)25)16-8-7-13(21)9-14(16)19/h3-9,11H,10H2,1-2H3,(H,24,25). The number of rotatable bonds is 4. The summed E-state index contributed by atoms with van der Waals surface area (Å²) < 4.78 is 16.8. The number of hydrogen-bond donors (Lipinski definition) is 1. The van der Waals surface area contributed by atoms with Crippen LogP contribution in [0.15, 0.2) is 42.5 Å². The van der Waals surface area contributed by atoms with Crippen LogP contribution < -0.4 is 0 Å². The van der Waals surface area contributed by atoms with E-state index in [9.17, 15) is 14.3 Å². The van der Waals surface area contributed by atoms with Crippen molar-refractivity contribution in [1.82, 2.24) is 9.55 Å². The Labute approximate surface area is 153 Å². The van der Waals surface area contributed by atoms with Gasteiger partial charge in [0.05, 0.1) is 10.2 Å². The quantitative estimate of drug-likeness (QED) is 0.555. The molecule has 0 saturated heterocycles. The van der Waals surface area contributed by atoms with Gasteiger partial charge >= 0.3 is 5.97 Å². The van der Waals surface area contributed by atoms with Gasteiger partial charge in [0.1, 0.15) is 17.4 Å². The zero-order valence-electron chi connectivity index (χ0n) is 14.4. The monoisotopic (exact) mass is 368 g/mol. The van der Waals surface area contributed by atoms with Crippen molar-refractivity contribution in [3.8, 4) is 0 Å². The Morgan fingerprint density at radius 1 is 1.31 bits per heavy atom. The van der Waals surface area contributed by atoms with E-state index in [4.69, 9.17) is 4.98 Å². The highest BCUT2D eigenvalue weighted by molar-refractivity contribution is 7.18. The Morgan fingerprint density at radius 2 is 2.08 bits per heavy atom. The lowest BCUT2D eigenvalue weighted by atomic mass is 9.98. The van der Waals surface area contributed by atoms with Gasteiger partial charge in [-0.05, 0) is 42.8 Å². The minimum atomic E-state index is -0.923. The van der Waals surface area contributed by atoms with Gasteiger partial charge < -0.3 is 9.67 Å². The lowest BCUT2D eigenvalue weighted by Gasteiger charge is -2.10. The first-order valence-corrected chi connectivity index (χ1v) is 9.13. The highest BCUT2D eigenvalue weighted by Crippen LogP contribution is 2.38. The number of carboxylic acids is 1. The maximum atomic E-state index is 13.9. The molecule has 0 aliphatic rings. The molecule has 0 fully saturated rings. The van der Waals surface area contributed by atoms with E-state index in [2.05, 4.69) is 0 Å². The lowest BCUT2D eigenvalue weighted by molar-refractivity contribution is -0.137. The molecule has 4 nitrogen and oxygen atoms in total. The first kappa shape index (κ1) is 16.7. The molecule has 6 heteroatoms. The maximum absolute atomic E-state index is 13.9. The van der Waals surface area contributed by atoms with Crippen LogP contribution in [0.25, 0.3) is 21.1 Å². The summed E-state index contributed by atoms with van der Waals surface area (Å²) in [6.45, 7) is 3.77. The molecule has 1 N–H and O–H groups in total. The Balaban J connectivity index is 1.93. The summed E-state index contributed by atoms with van der Waals surface area (Å²) >= 11 is 1.61. The molecule has 1 unspecified atom stereocenters. The van der Waals surface area contributed by atoms with Crippen molar-refractivity contribution >= 4 is 38.4 Å². The zero-order chi connectivity index (χ0) is 18.4. The van der Waals surface area contributed by atoms with Crippen LogP contribution in [0.4, 0.5) is 4.39 Å². The summed E-state index contributed by atoms with van der Waals surface area (Å²) in [4.78, 5) is 16.0. The molecule has 4 rings (SSSR count). The SMILES string of the molecule is Cc1c(C(C)c2nc3ccccc3s2)c2cc(F)ccc2n1CC(=O)O. The number of fused-ring (bicyclic) bond motifs is 2. The van der Waals surface area contributed by atoms with E-state index in [1.165, 1.54) is 12.1 Å². The molecule has 0 saturated carbocycles. The van der Waals surface area contributed by atoms with Crippen molar-refractivity contribution in [2.24, 2.45) is 0 Å². The average Bonchev–Trinajstić information content (AvgIpc) is 3.14. The number of para-hydroxylation sites is 1. The second kappa shape index (κ2) is 6.21. The van der Waals surface area contributed by atoms with Crippen molar-refractivity contribution in [3.63, 3.8) is 0 Å². The summed E-state index contributed by atoms with van der Waals surface area (Å²) in [6.07, 6.45) is 0. The largest absolute Gasteiger partial charge is 0.480 e. The van der Waals surface area contributed by atoms with Crippen LogP contribution in [-0.2, 0) is 11.3 Å². The van der Waals surface area contributed by atoms with Crippen LogP contribution in [0.2, 0.25) is 0 Å². The average molecular weight is 368 g/mol. The van der Waals surface area contributed by atoms with Crippen molar-refractivity contribution in [2.45, 2.75) is 26.3 Å². The van der Waals surface area contributed by atoms with E-state index in [0.29, 0.717) is 0 Å². The number of nitrogens with zero attached hydrogens (tertiary/aromatic N) is 2. The number of benzene rings is 2. The third-order valence-corrected chi connectivity index (χ3v) is 5.96. The Hall–Kier alpha value is -2.73. The van der Waals surface area contributed by atoms with E-state index in [-0.39, 0.29) is 18.3 Å². The molecule has 0 spiro atoms. The predicted molar refractivity (Wildman–Crippen MR) is 101 cm³/mol. The van der Waals surface area contributed by atoms with Crippen molar-refractivity contribution < 1.29 is 14.3 Å². The van der Waals surface area contributed by atoms with Crippen LogP contribution in [0.3, 0.4) is 0 Å². The zero-order valence-corrected chi connectivity index (χ0v) is 15.2. The van der Waals surface area contributed by atoms with Gasteiger partial charge in [-0.15, -0.1) is 11.3 Å². The van der Waals surface area contributed by atoms with Crippen LogP contribution in [-0.4, -0.2) is 20.6 Å². The Kier molecular flexibility index (Phi) is 4.00. The molecule has 0 aliphatic carbocycles. The number of carbonyl (C=O) groups is 1. The van der Waals surface area contributed by atoms with E-state index in [0.717, 1.165) is 37.4 Å². The predicted octanol–water partition coefficient (Wildman–Crippen LogP) is 4.93. The van der Waals surface area contributed by atoms with Crippen molar-refractivity contribution in [2.75, 3.05) is 0 Å². The van der Waals surface area contributed by atoms with E-state index < -0.39 is 5.97 Å². The number of hydrogen-bond acceptors (Lipinski definition) is 3. The maximum Gasteiger partial charge on any atom is 0.323 e. The fraction of sp³-hybridized carbons (Fsp3) is 0.200. The number of halogens is 1. The normalized spacial score (nSPS) is 12.7. The van der Waals surface area contributed by atoms with Crippen molar-refractivity contribution in [3.05, 3.63) is 64.5 Å². The minimum absolute atomic E-state index is 0.0632. The second-order valence-electron chi connectivity index (χ2n) is 6.38. The fourth-order valence-electron chi connectivity index (χ4n) is 3.56. The van der Waals surface area contributed by atoms with Gasteiger partial charge in [0.2, 0.25) is 0 Å². The van der Waals surface area contributed by atoms with Gasteiger partial charge in [-0.2, -0.15) is 0 Å². The molecule has 0 aliphatic heterocycles. The number of aliphatic carboxylic acids is 1. The van der Waals surface area contributed by atoms with Crippen LogP contribution in [0, 0.1) is 12.7 Å². The molecule has 0 amide bonds. The molecule has 1 atom stereocenters. The Morgan fingerprint density at radius 3 is 2.81 bits per heavy atom. The van der Waals surface area contributed by atoms with Gasteiger partial charge in [-0.1, -0.05) is 19.1 Å². The third kappa shape index (κ3) is 2.66. The third-order valence-electron chi connectivity index (χ3n) is 4.74. The molecule has 2 aromatic carbocycles. The lowest BCUT2D eigenvalue weighted by Crippen LogP contribution is -2.10. The van der Waals surface area contributed by atoms with Gasteiger partial charge in [-0.3, -0.25) is 4.79 Å². The molecule has 0 bridgehead atoms. The summed E-state index contributed by atoms with van der Waals surface area (Å²) in [5.41, 5.74) is 3.44. The highest BCUT2D eigenvalue weighted by Gasteiger charge is 2.23. The van der Waals surface area contributed by atoms with Crippen LogP contribution in [0.1, 0.15) is 29.1 Å². The summed E-state index contributed by atoms with van der Waals surface area (Å²) in [7, 11) is 0. The van der Waals surface area contributed by atoms with E-state index in [1.54, 1.807) is 22.0 Å². The van der Waals surface area contributed by atoms with Gasteiger partial charge in [-0.25, -0.2) is 9.37 Å². The molecule has 2 aromatic heterocycles. The van der Waals surface area contributed by atoms with E-state index in [1.807, 2.05) is 38.1 Å². The molecule has 26 heavy (non-hydrogen) atoms. The number of thiazole rings is 1. The van der Waals surface area contributed by atoms with Gasteiger partial charge in [0.15, 0.2) is 0 Å². The van der Waals surface area contributed by atoms with Gasteiger partial charge in [0, 0.05) is 22.5 Å². The van der Waals surface area contributed by atoms with Crippen LogP contribution >= 0.6 is 11.3 Å². The first-order valence-electron chi connectivity index (χ1n) is 8.31. The van der Waals surface area contributed by atoms with Gasteiger partial charge in [0.25, 0.3) is 0 Å². The Bertz CT molecular complexity index is 1110. The minimum Gasteiger partial charge on any atom is -0.480 e. The number of carboxylic acid groups (broad SMARTS) is 1. The molecule has 4 aromatic rings.